The average molecular weight is 223 g/mol. The van der Waals surface area contributed by atoms with Gasteiger partial charge in [-0.25, -0.2) is 13.6 Å². The number of carbonyl (C=O) groups excluding carboxylic acids is 1. The van der Waals surface area contributed by atoms with Crippen LogP contribution in [0.4, 0.5) is 8.78 Å². The molecule has 88 valence electrons. The lowest BCUT2D eigenvalue weighted by Crippen LogP contribution is -2.32. The molecular weight excluding hydrogens is 208 g/mol. The second-order valence-corrected chi connectivity index (χ2v) is 2.94. The summed E-state index contributed by atoms with van der Waals surface area (Å²) in [6.07, 6.45) is -2.94. The van der Waals surface area contributed by atoms with Crippen LogP contribution in [0.25, 0.3) is 0 Å². The van der Waals surface area contributed by atoms with E-state index in [4.69, 9.17) is 5.11 Å². The summed E-state index contributed by atoms with van der Waals surface area (Å²) in [5, 5.41) is 11.3. The van der Waals surface area contributed by atoms with Crippen molar-refractivity contribution in [3.05, 3.63) is 11.6 Å². The molecule has 1 unspecified atom stereocenters. The van der Waals surface area contributed by atoms with E-state index in [1.807, 2.05) is 0 Å². The topological polar surface area (TPSA) is 58.6 Å². The second kappa shape index (κ2) is 7.30. The lowest BCUT2D eigenvalue weighted by Gasteiger charge is -2.09. The van der Waals surface area contributed by atoms with Crippen LogP contribution in [0.2, 0.25) is 0 Å². The lowest BCUT2D eigenvalue weighted by molar-refractivity contribution is -0.136. The van der Waals surface area contributed by atoms with Crippen LogP contribution >= 0.6 is 0 Å². The zero-order valence-electron chi connectivity index (χ0n) is 8.67. The molecule has 0 aliphatic carbocycles. The zero-order valence-corrected chi connectivity index (χ0v) is 8.67. The Labute approximate surface area is 86.9 Å². The monoisotopic (exact) mass is 223 g/mol. The van der Waals surface area contributed by atoms with E-state index in [-0.39, 0.29) is 13.1 Å². The number of rotatable bonds is 6. The highest BCUT2D eigenvalue weighted by molar-refractivity contribution is 5.87. The Morgan fingerprint density at radius 1 is 1.60 bits per heavy atom. The Kier molecular flexibility index (Phi) is 6.81. The lowest BCUT2D eigenvalue weighted by atomic mass is 10.3. The number of methoxy groups -OCH3 is 1. The third kappa shape index (κ3) is 6.14. The minimum atomic E-state index is -2.76. The first kappa shape index (κ1) is 14.0. The minimum absolute atomic E-state index is 0.220. The number of ether oxygens (including phenoxy) is 1. The van der Waals surface area contributed by atoms with Gasteiger partial charge in [0.15, 0.2) is 0 Å². The van der Waals surface area contributed by atoms with Gasteiger partial charge in [0, 0.05) is 18.7 Å². The number of esters is 1. The van der Waals surface area contributed by atoms with E-state index >= 15 is 0 Å². The molecule has 0 aromatic carbocycles. The molecule has 15 heavy (non-hydrogen) atoms. The number of hydrogen-bond donors (Lipinski definition) is 2. The van der Waals surface area contributed by atoms with Gasteiger partial charge in [-0.3, -0.25) is 0 Å². The Bertz CT molecular complexity index is 231. The molecule has 0 saturated carbocycles. The quantitative estimate of drug-likeness (QED) is 0.387. The number of halogens is 2. The predicted octanol–water partition coefficient (Wildman–Crippen LogP) is 0.321. The van der Waals surface area contributed by atoms with E-state index in [0.717, 1.165) is 0 Å². The molecule has 0 aliphatic rings. The van der Waals surface area contributed by atoms with E-state index in [0.29, 0.717) is 5.57 Å². The highest BCUT2D eigenvalue weighted by Gasteiger charge is 2.15. The fraction of sp³-hybridized carbons (Fsp3) is 0.667. The summed E-state index contributed by atoms with van der Waals surface area (Å²) in [5.74, 6) is -0.466. The number of aliphatic hydroxyl groups excluding tert-OH is 1. The summed E-state index contributed by atoms with van der Waals surface area (Å²) >= 11 is 0. The van der Waals surface area contributed by atoms with Crippen LogP contribution < -0.4 is 5.32 Å². The van der Waals surface area contributed by atoms with E-state index in [9.17, 15) is 13.6 Å². The summed E-state index contributed by atoms with van der Waals surface area (Å²) in [4.78, 5) is 10.9. The van der Waals surface area contributed by atoms with Gasteiger partial charge in [0.25, 0.3) is 6.43 Å². The molecule has 0 bridgehead atoms. The van der Waals surface area contributed by atoms with Crippen LogP contribution in [-0.4, -0.2) is 43.8 Å². The van der Waals surface area contributed by atoms with Gasteiger partial charge in [-0.05, 0) is 6.92 Å². The highest BCUT2D eigenvalue weighted by Crippen LogP contribution is 1.98. The SMILES string of the molecule is COC(=O)C(C)=CCNCC(O)C(F)F. The smallest absolute Gasteiger partial charge is 0.333 e. The average Bonchev–Trinajstić information content (AvgIpc) is 2.22. The molecule has 6 heteroatoms. The summed E-state index contributed by atoms with van der Waals surface area (Å²) in [7, 11) is 1.26. The summed E-state index contributed by atoms with van der Waals surface area (Å²) in [6, 6.07) is 0. The van der Waals surface area contributed by atoms with Gasteiger partial charge in [-0.15, -0.1) is 0 Å². The fourth-order valence-corrected chi connectivity index (χ4v) is 0.790. The number of hydrogen-bond acceptors (Lipinski definition) is 4. The number of carbonyl (C=O) groups is 1. The van der Waals surface area contributed by atoms with Crippen molar-refractivity contribution in [3.8, 4) is 0 Å². The van der Waals surface area contributed by atoms with Crippen molar-refractivity contribution in [2.24, 2.45) is 0 Å². The minimum Gasteiger partial charge on any atom is -0.466 e. The van der Waals surface area contributed by atoms with Crippen molar-refractivity contribution >= 4 is 5.97 Å². The van der Waals surface area contributed by atoms with Gasteiger partial charge >= 0.3 is 5.97 Å². The van der Waals surface area contributed by atoms with Gasteiger partial charge in [-0.1, -0.05) is 6.08 Å². The molecule has 0 amide bonds. The molecule has 0 rings (SSSR count). The van der Waals surface area contributed by atoms with Crippen molar-refractivity contribution in [1.82, 2.24) is 5.32 Å². The Morgan fingerprint density at radius 3 is 2.67 bits per heavy atom. The molecule has 2 N–H and O–H groups in total. The Morgan fingerprint density at radius 2 is 2.20 bits per heavy atom. The number of aliphatic hydroxyl groups is 1. The summed E-state index contributed by atoms with van der Waals surface area (Å²) in [6.45, 7) is 1.56. The third-order valence-electron chi connectivity index (χ3n) is 1.70. The number of alkyl halides is 2. The van der Waals surface area contributed by atoms with Crippen LogP contribution in [0, 0.1) is 0 Å². The molecule has 0 spiro atoms. The Hall–Kier alpha value is -1.01. The first-order valence-electron chi connectivity index (χ1n) is 4.41. The van der Waals surface area contributed by atoms with Crippen LogP contribution in [0.5, 0.6) is 0 Å². The van der Waals surface area contributed by atoms with Gasteiger partial charge in [0.05, 0.1) is 7.11 Å². The first-order chi connectivity index (χ1) is 6.99. The van der Waals surface area contributed by atoms with Crippen molar-refractivity contribution < 1.29 is 23.4 Å². The first-order valence-corrected chi connectivity index (χ1v) is 4.41. The zero-order chi connectivity index (χ0) is 11.8. The molecule has 0 aromatic rings. The molecule has 0 aliphatic heterocycles. The van der Waals surface area contributed by atoms with Crippen molar-refractivity contribution in [2.45, 2.75) is 19.5 Å². The maximum Gasteiger partial charge on any atom is 0.333 e. The van der Waals surface area contributed by atoms with Crippen LogP contribution in [0.1, 0.15) is 6.92 Å². The summed E-state index contributed by atoms with van der Waals surface area (Å²) < 4.78 is 28.1. The largest absolute Gasteiger partial charge is 0.466 e. The van der Waals surface area contributed by atoms with E-state index < -0.39 is 18.5 Å². The van der Waals surface area contributed by atoms with Crippen molar-refractivity contribution in [3.63, 3.8) is 0 Å². The molecule has 0 aromatic heterocycles. The van der Waals surface area contributed by atoms with Gasteiger partial charge in [0.1, 0.15) is 6.10 Å². The van der Waals surface area contributed by atoms with E-state index in [1.54, 1.807) is 6.92 Å². The van der Waals surface area contributed by atoms with Crippen molar-refractivity contribution in [1.29, 1.82) is 0 Å². The van der Waals surface area contributed by atoms with Crippen LogP contribution in [-0.2, 0) is 9.53 Å². The molecule has 0 fully saturated rings. The van der Waals surface area contributed by atoms with E-state index in [1.165, 1.54) is 13.2 Å². The van der Waals surface area contributed by atoms with Gasteiger partial charge in [-0.2, -0.15) is 0 Å². The normalized spacial score (nSPS) is 14.1. The maximum absolute atomic E-state index is 11.8. The standard InChI is InChI=1S/C9H15F2NO3/c1-6(9(14)15-2)3-4-12-5-7(13)8(10)11/h3,7-8,12-13H,4-5H2,1-2H3. The summed E-state index contributed by atoms with van der Waals surface area (Å²) in [5.41, 5.74) is 0.386. The predicted molar refractivity (Wildman–Crippen MR) is 50.7 cm³/mol. The molecule has 0 saturated heterocycles. The molecule has 1 atom stereocenters. The second-order valence-electron chi connectivity index (χ2n) is 2.94. The highest BCUT2D eigenvalue weighted by atomic mass is 19.3. The molecule has 0 heterocycles. The van der Waals surface area contributed by atoms with Crippen molar-refractivity contribution in [2.75, 3.05) is 20.2 Å². The Balaban J connectivity index is 3.74. The third-order valence-corrected chi connectivity index (χ3v) is 1.70. The maximum atomic E-state index is 11.8. The van der Waals surface area contributed by atoms with Gasteiger partial charge in [0.2, 0.25) is 0 Å². The van der Waals surface area contributed by atoms with Gasteiger partial charge < -0.3 is 15.2 Å². The fourth-order valence-electron chi connectivity index (χ4n) is 0.790. The van der Waals surface area contributed by atoms with Crippen LogP contribution in [0.15, 0.2) is 11.6 Å². The molecule has 0 radical (unpaired) electrons. The van der Waals surface area contributed by atoms with Crippen LogP contribution in [0.3, 0.4) is 0 Å². The van der Waals surface area contributed by atoms with E-state index in [2.05, 4.69) is 10.1 Å². The molecular formula is C9H15F2NO3. The molecule has 4 nitrogen and oxygen atoms in total. The number of nitrogens with one attached hydrogen (secondary N) is 1.